The van der Waals surface area contributed by atoms with Crippen molar-refractivity contribution in [2.75, 3.05) is 0 Å². The van der Waals surface area contributed by atoms with Gasteiger partial charge in [0.05, 0.1) is 17.9 Å². The number of carbonyl (C=O) groups is 1. The van der Waals surface area contributed by atoms with Gasteiger partial charge in [0.1, 0.15) is 5.76 Å². The molecule has 2 heterocycles. The lowest BCUT2D eigenvalue weighted by Crippen LogP contribution is -2.12. The molecule has 0 atom stereocenters. The summed E-state index contributed by atoms with van der Waals surface area (Å²) in [4.78, 5) is 11.2. The molecule has 1 N–H and O–H groups in total. The van der Waals surface area contributed by atoms with Crippen LogP contribution in [-0.2, 0) is 13.0 Å². The first-order chi connectivity index (χ1) is 9.40. The molecule has 7 nitrogen and oxygen atoms in total. The van der Waals surface area contributed by atoms with E-state index < -0.39 is 5.97 Å². The van der Waals surface area contributed by atoms with Crippen molar-refractivity contribution in [1.82, 2.24) is 20.2 Å². The summed E-state index contributed by atoms with van der Waals surface area (Å²) in [5.74, 6) is -0.0222. The van der Waals surface area contributed by atoms with Gasteiger partial charge < -0.3 is 9.63 Å². The van der Waals surface area contributed by atoms with Crippen LogP contribution >= 0.6 is 0 Å². The Labute approximate surface area is 116 Å². The summed E-state index contributed by atoms with van der Waals surface area (Å²) in [7, 11) is 0. The van der Waals surface area contributed by atoms with Crippen LogP contribution in [0, 0.1) is 19.8 Å². The SMILES string of the molecule is Cc1noc(C)c1Cn1nnc(C(=O)O)c1CC(C)C. The fourth-order valence-electron chi connectivity index (χ4n) is 2.09. The Hall–Kier alpha value is -2.18. The zero-order chi connectivity index (χ0) is 14.9. The molecule has 7 heteroatoms. The lowest BCUT2D eigenvalue weighted by molar-refractivity contribution is 0.0689. The zero-order valence-electron chi connectivity index (χ0n) is 12.0. The van der Waals surface area contributed by atoms with Crippen LogP contribution in [0.25, 0.3) is 0 Å². The highest BCUT2D eigenvalue weighted by molar-refractivity contribution is 5.86. The largest absolute Gasteiger partial charge is 0.476 e. The molecular formula is C13H18N4O3. The van der Waals surface area contributed by atoms with Crippen molar-refractivity contribution in [3.63, 3.8) is 0 Å². The average molecular weight is 278 g/mol. The normalized spacial score (nSPS) is 11.2. The summed E-state index contributed by atoms with van der Waals surface area (Å²) in [5.41, 5.74) is 2.35. The molecule has 0 unspecified atom stereocenters. The highest BCUT2D eigenvalue weighted by Gasteiger charge is 2.21. The molecule has 20 heavy (non-hydrogen) atoms. The van der Waals surface area contributed by atoms with Crippen LogP contribution in [0.5, 0.6) is 0 Å². The van der Waals surface area contributed by atoms with E-state index in [0.29, 0.717) is 30.3 Å². The molecule has 2 rings (SSSR count). The van der Waals surface area contributed by atoms with Crippen LogP contribution in [0.2, 0.25) is 0 Å². The minimum absolute atomic E-state index is 0.0189. The van der Waals surface area contributed by atoms with Crippen LogP contribution in [-0.4, -0.2) is 31.2 Å². The lowest BCUT2D eigenvalue weighted by atomic mass is 10.1. The van der Waals surface area contributed by atoms with Crippen molar-refractivity contribution in [1.29, 1.82) is 0 Å². The summed E-state index contributed by atoms with van der Waals surface area (Å²) in [6.07, 6.45) is 0.609. The number of aromatic carboxylic acids is 1. The summed E-state index contributed by atoms with van der Waals surface area (Å²) >= 11 is 0. The second kappa shape index (κ2) is 5.44. The number of aryl methyl sites for hydroxylation is 2. The predicted molar refractivity (Wildman–Crippen MR) is 70.6 cm³/mol. The van der Waals surface area contributed by atoms with Gasteiger partial charge in [0.15, 0.2) is 5.69 Å². The van der Waals surface area contributed by atoms with E-state index in [1.54, 1.807) is 4.68 Å². The summed E-state index contributed by atoms with van der Waals surface area (Å²) < 4.78 is 6.74. The Morgan fingerprint density at radius 3 is 2.60 bits per heavy atom. The van der Waals surface area contributed by atoms with Gasteiger partial charge in [-0.2, -0.15) is 0 Å². The molecule has 108 valence electrons. The smallest absolute Gasteiger partial charge is 0.358 e. The van der Waals surface area contributed by atoms with Gasteiger partial charge in [-0.15, -0.1) is 5.10 Å². The molecule has 0 amide bonds. The molecule has 2 aromatic heterocycles. The third kappa shape index (κ3) is 2.71. The highest BCUT2D eigenvalue weighted by Crippen LogP contribution is 2.17. The molecule has 0 spiro atoms. The van der Waals surface area contributed by atoms with Crippen LogP contribution in [0.4, 0.5) is 0 Å². The molecule has 0 saturated heterocycles. The molecule has 0 aromatic carbocycles. The molecule has 2 aromatic rings. The molecular weight excluding hydrogens is 260 g/mol. The second-order valence-electron chi connectivity index (χ2n) is 5.25. The fraction of sp³-hybridized carbons (Fsp3) is 0.538. The predicted octanol–water partition coefficient (Wildman–Crippen LogP) is 1.83. The van der Waals surface area contributed by atoms with Gasteiger partial charge in [0.2, 0.25) is 0 Å². The number of hydrogen-bond donors (Lipinski definition) is 1. The van der Waals surface area contributed by atoms with Gasteiger partial charge in [-0.25, -0.2) is 9.48 Å². The molecule has 0 aliphatic heterocycles. The van der Waals surface area contributed by atoms with Crippen molar-refractivity contribution in [3.8, 4) is 0 Å². The molecule has 0 aliphatic carbocycles. The first kappa shape index (κ1) is 14.2. The lowest BCUT2D eigenvalue weighted by Gasteiger charge is -2.09. The molecule has 0 bridgehead atoms. The van der Waals surface area contributed by atoms with Crippen molar-refractivity contribution >= 4 is 5.97 Å². The topological polar surface area (TPSA) is 94.0 Å². The van der Waals surface area contributed by atoms with Crippen LogP contribution in [0.1, 0.15) is 47.0 Å². The van der Waals surface area contributed by atoms with Crippen LogP contribution < -0.4 is 0 Å². The van der Waals surface area contributed by atoms with E-state index in [-0.39, 0.29) is 5.69 Å². The molecule has 0 saturated carbocycles. The Morgan fingerprint density at radius 1 is 1.40 bits per heavy atom. The van der Waals surface area contributed by atoms with E-state index in [1.165, 1.54) is 0 Å². The number of carboxylic acids is 1. The van der Waals surface area contributed by atoms with Crippen molar-refractivity contribution in [3.05, 3.63) is 28.4 Å². The van der Waals surface area contributed by atoms with Crippen molar-refractivity contribution in [2.45, 2.75) is 40.7 Å². The molecule has 0 fully saturated rings. The molecule has 0 radical (unpaired) electrons. The van der Waals surface area contributed by atoms with E-state index in [2.05, 4.69) is 15.5 Å². The maximum absolute atomic E-state index is 11.2. The van der Waals surface area contributed by atoms with Gasteiger partial charge in [-0.05, 0) is 26.2 Å². The third-order valence-electron chi connectivity index (χ3n) is 3.13. The minimum Gasteiger partial charge on any atom is -0.476 e. The number of carboxylic acid groups (broad SMARTS) is 1. The monoisotopic (exact) mass is 278 g/mol. The van der Waals surface area contributed by atoms with Crippen molar-refractivity contribution < 1.29 is 14.4 Å². The van der Waals surface area contributed by atoms with Gasteiger partial charge in [-0.3, -0.25) is 0 Å². The summed E-state index contributed by atoms with van der Waals surface area (Å²) in [6.45, 7) is 8.15. The summed E-state index contributed by atoms with van der Waals surface area (Å²) in [5, 5.41) is 20.8. The van der Waals surface area contributed by atoms with Gasteiger partial charge >= 0.3 is 5.97 Å². The first-order valence-corrected chi connectivity index (χ1v) is 6.47. The maximum atomic E-state index is 11.2. The zero-order valence-corrected chi connectivity index (χ0v) is 12.0. The Morgan fingerprint density at radius 2 is 2.10 bits per heavy atom. The second-order valence-corrected chi connectivity index (χ2v) is 5.25. The number of nitrogens with zero attached hydrogens (tertiary/aromatic N) is 4. The van der Waals surface area contributed by atoms with Gasteiger partial charge in [0, 0.05) is 5.56 Å². The number of aromatic nitrogens is 4. The Balaban J connectivity index is 2.39. The number of rotatable bonds is 5. The van der Waals surface area contributed by atoms with E-state index in [4.69, 9.17) is 4.52 Å². The Bertz CT molecular complexity index is 608. The highest BCUT2D eigenvalue weighted by atomic mass is 16.5. The van der Waals surface area contributed by atoms with E-state index in [1.807, 2.05) is 27.7 Å². The van der Waals surface area contributed by atoms with Gasteiger partial charge in [0.25, 0.3) is 0 Å². The number of hydrogen-bond acceptors (Lipinski definition) is 5. The third-order valence-corrected chi connectivity index (χ3v) is 3.13. The van der Waals surface area contributed by atoms with E-state index >= 15 is 0 Å². The van der Waals surface area contributed by atoms with Gasteiger partial charge in [-0.1, -0.05) is 24.2 Å². The standard InChI is InChI=1S/C13H18N4O3/c1-7(2)5-11-12(13(18)19)14-16-17(11)6-10-8(3)15-20-9(10)4/h7H,5-6H2,1-4H3,(H,18,19). The molecule has 0 aliphatic rings. The summed E-state index contributed by atoms with van der Waals surface area (Å²) in [6, 6.07) is 0. The maximum Gasteiger partial charge on any atom is 0.358 e. The van der Waals surface area contributed by atoms with E-state index in [9.17, 15) is 9.90 Å². The Kier molecular flexibility index (Phi) is 3.87. The average Bonchev–Trinajstić information content (AvgIpc) is 2.88. The van der Waals surface area contributed by atoms with Crippen LogP contribution in [0.15, 0.2) is 4.52 Å². The first-order valence-electron chi connectivity index (χ1n) is 6.47. The quantitative estimate of drug-likeness (QED) is 0.896. The minimum atomic E-state index is -1.05. The van der Waals surface area contributed by atoms with E-state index in [0.717, 1.165) is 11.3 Å². The fourth-order valence-corrected chi connectivity index (χ4v) is 2.09. The van der Waals surface area contributed by atoms with Crippen LogP contribution in [0.3, 0.4) is 0 Å². The van der Waals surface area contributed by atoms with Crippen molar-refractivity contribution in [2.24, 2.45) is 5.92 Å².